The third-order valence-corrected chi connectivity index (χ3v) is 3.81. The van der Waals surface area contributed by atoms with Gasteiger partial charge in [-0.15, -0.1) is 0 Å². The fourth-order valence-electron chi connectivity index (χ4n) is 2.81. The molecule has 18 heavy (non-hydrogen) atoms. The number of rotatable bonds is 3. The zero-order valence-corrected chi connectivity index (χ0v) is 11.2. The molecule has 2 aliphatic heterocycles. The molecule has 0 radical (unpaired) electrons. The van der Waals surface area contributed by atoms with Crippen molar-refractivity contribution in [2.75, 3.05) is 13.7 Å². The molecular weight excluding hydrogens is 234 g/mol. The Hall–Kier alpha value is -0.940. The van der Waals surface area contributed by atoms with Crippen molar-refractivity contribution in [3.05, 3.63) is 0 Å². The van der Waals surface area contributed by atoms with Gasteiger partial charge in [0, 0.05) is 12.5 Å². The first-order chi connectivity index (χ1) is 8.56. The van der Waals surface area contributed by atoms with E-state index in [2.05, 4.69) is 0 Å². The molecule has 0 N–H and O–H groups in total. The quantitative estimate of drug-likeness (QED) is 0.709. The predicted molar refractivity (Wildman–Crippen MR) is 64.6 cm³/mol. The molecule has 0 aromatic heterocycles. The van der Waals surface area contributed by atoms with E-state index in [1.54, 1.807) is 0 Å². The number of methoxy groups -OCH3 is 1. The summed E-state index contributed by atoms with van der Waals surface area (Å²) in [6.45, 7) is 4.45. The van der Waals surface area contributed by atoms with Crippen molar-refractivity contribution in [1.29, 1.82) is 0 Å². The number of hydrogen-bond donors (Lipinski definition) is 0. The zero-order chi connectivity index (χ0) is 13.3. The molecule has 0 bridgehead atoms. The van der Waals surface area contributed by atoms with Gasteiger partial charge in [-0.2, -0.15) is 5.06 Å². The average Bonchev–Trinajstić information content (AvgIpc) is 2.75. The molecule has 0 aliphatic carbocycles. The number of carbonyl (C=O) groups is 2. The lowest BCUT2D eigenvalue weighted by atomic mass is 9.85. The fraction of sp³-hybridized carbons (Fsp3) is 0.846. The number of piperidine rings is 1. The van der Waals surface area contributed by atoms with E-state index in [0.717, 1.165) is 25.8 Å². The van der Waals surface area contributed by atoms with Gasteiger partial charge in [0.05, 0.1) is 13.2 Å². The van der Waals surface area contributed by atoms with Crippen LogP contribution >= 0.6 is 0 Å². The van der Waals surface area contributed by atoms with E-state index in [-0.39, 0.29) is 23.7 Å². The number of hydroxylamine groups is 2. The molecule has 2 aliphatic rings. The van der Waals surface area contributed by atoms with Crippen LogP contribution in [0.4, 0.5) is 0 Å². The van der Waals surface area contributed by atoms with E-state index in [0.29, 0.717) is 0 Å². The lowest BCUT2D eigenvalue weighted by Gasteiger charge is -2.28. The Morgan fingerprint density at radius 3 is 2.67 bits per heavy atom. The minimum Gasteiger partial charge on any atom is -0.469 e. The van der Waals surface area contributed by atoms with Crippen LogP contribution in [0.5, 0.6) is 0 Å². The highest BCUT2D eigenvalue weighted by Gasteiger charge is 2.51. The summed E-state index contributed by atoms with van der Waals surface area (Å²) in [7, 11) is 1.37. The largest absolute Gasteiger partial charge is 0.469 e. The van der Waals surface area contributed by atoms with Crippen molar-refractivity contribution >= 4 is 11.8 Å². The van der Waals surface area contributed by atoms with E-state index in [1.165, 1.54) is 7.11 Å². The van der Waals surface area contributed by atoms with E-state index < -0.39 is 12.0 Å². The Morgan fingerprint density at radius 1 is 1.33 bits per heavy atom. The van der Waals surface area contributed by atoms with Gasteiger partial charge in [-0.3, -0.25) is 14.4 Å². The molecule has 102 valence electrons. The average molecular weight is 255 g/mol. The van der Waals surface area contributed by atoms with Gasteiger partial charge in [0.2, 0.25) is 0 Å². The second-order valence-electron chi connectivity index (χ2n) is 5.34. The summed E-state index contributed by atoms with van der Waals surface area (Å²) in [5, 5.41) is 1.82. The number of carbonyl (C=O) groups excluding carboxylic acids is 2. The highest BCUT2D eigenvalue weighted by atomic mass is 16.7. The summed E-state index contributed by atoms with van der Waals surface area (Å²) >= 11 is 0. The number of ketones is 1. The molecule has 3 atom stereocenters. The maximum absolute atomic E-state index is 12.2. The molecule has 0 saturated carbocycles. The molecule has 0 amide bonds. The molecule has 5 nitrogen and oxygen atoms in total. The Bertz CT molecular complexity index is 342. The Balaban J connectivity index is 2.22. The third kappa shape index (κ3) is 2.29. The number of fused-ring (bicyclic) bond motifs is 1. The van der Waals surface area contributed by atoms with Crippen LogP contribution in [0.1, 0.15) is 33.1 Å². The Kier molecular flexibility index (Phi) is 4.02. The summed E-state index contributed by atoms with van der Waals surface area (Å²) in [5.74, 6) is -0.947. The molecular formula is C13H21NO4. The van der Waals surface area contributed by atoms with Crippen LogP contribution in [0.3, 0.4) is 0 Å². The Labute approximate surface area is 107 Å². The van der Waals surface area contributed by atoms with Gasteiger partial charge >= 0.3 is 5.97 Å². The maximum Gasteiger partial charge on any atom is 0.313 e. The second kappa shape index (κ2) is 5.36. The first-order valence-electron chi connectivity index (χ1n) is 6.61. The minimum atomic E-state index is -0.666. The van der Waals surface area contributed by atoms with Gasteiger partial charge in [0.1, 0.15) is 5.92 Å². The number of hydrogen-bond acceptors (Lipinski definition) is 5. The van der Waals surface area contributed by atoms with Gasteiger partial charge in [0.15, 0.2) is 11.9 Å². The first kappa shape index (κ1) is 13.5. The van der Waals surface area contributed by atoms with E-state index in [9.17, 15) is 9.59 Å². The third-order valence-electron chi connectivity index (χ3n) is 3.81. The highest BCUT2D eigenvalue weighted by molar-refractivity contribution is 5.90. The number of esters is 1. The lowest BCUT2D eigenvalue weighted by molar-refractivity contribution is -0.180. The van der Waals surface area contributed by atoms with Crippen LogP contribution in [0.25, 0.3) is 0 Å². The van der Waals surface area contributed by atoms with Gasteiger partial charge in [0.25, 0.3) is 0 Å². The van der Waals surface area contributed by atoms with Crippen LogP contribution in [-0.2, 0) is 19.2 Å². The number of ether oxygens (including phenoxy) is 1. The van der Waals surface area contributed by atoms with Crippen molar-refractivity contribution < 1.29 is 19.2 Å². The smallest absolute Gasteiger partial charge is 0.313 e. The second-order valence-corrected chi connectivity index (χ2v) is 5.34. The van der Waals surface area contributed by atoms with Crippen molar-refractivity contribution in [2.45, 2.75) is 45.3 Å². The topological polar surface area (TPSA) is 55.8 Å². The molecule has 2 rings (SSSR count). The molecule has 0 aromatic carbocycles. The van der Waals surface area contributed by atoms with Crippen molar-refractivity contribution in [1.82, 2.24) is 5.06 Å². The van der Waals surface area contributed by atoms with Gasteiger partial charge in [-0.05, 0) is 12.8 Å². The fourth-order valence-corrected chi connectivity index (χ4v) is 2.81. The Morgan fingerprint density at radius 2 is 2.06 bits per heavy atom. The molecule has 0 aromatic rings. The molecule has 2 saturated heterocycles. The van der Waals surface area contributed by atoms with Crippen LogP contribution in [0, 0.1) is 11.8 Å². The summed E-state index contributed by atoms with van der Waals surface area (Å²) < 4.78 is 4.85. The monoisotopic (exact) mass is 255 g/mol. The molecule has 0 unspecified atom stereocenters. The van der Waals surface area contributed by atoms with Gasteiger partial charge < -0.3 is 4.74 Å². The predicted octanol–water partition coefficient (Wildman–Crippen LogP) is 1.17. The minimum absolute atomic E-state index is 0.00102. The van der Waals surface area contributed by atoms with Crippen LogP contribution < -0.4 is 0 Å². The van der Waals surface area contributed by atoms with Crippen molar-refractivity contribution in [3.8, 4) is 0 Å². The lowest BCUT2D eigenvalue weighted by Crippen LogP contribution is -2.41. The van der Waals surface area contributed by atoms with Crippen molar-refractivity contribution in [3.63, 3.8) is 0 Å². The molecule has 0 spiro atoms. The normalized spacial score (nSPS) is 32.3. The first-order valence-corrected chi connectivity index (χ1v) is 6.61. The maximum atomic E-state index is 12.2. The van der Waals surface area contributed by atoms with Crippen LogP contribution in [-0.4, -0.2) is 42.6 Å². The summed E-state index contributed by atoms with van der Waals surface area (Å²) in [6.07, 6.45) is 2.34. The standard InChI is InChI=1S/C13H21NO4/c1-8(2)11(15)12-10(13(16)17-3)9-6-4-5-7-14(9)18-12/h8-10,12H,4-7H2,1-3H3/t9-,10-,12-/m1/s1. The highest BCUT2D eigenvalue weighted by Crippen LogP contribution is 2.36. The number of Topliss-reactive ketones (excluding diaryl/α,β-unsaturated/α-hetero) is 1. The molecule has 2 heterocycles. The van der Waals surface area contributed by atoms with E-state index >= 15 is 0 Å². The van der Waals surface area contributed by atoms with Gasteiger partial charge in [-0.25, -0.2) is 0 Å². The SMILES string of the molecule is COC(=O)[C@@H]1[C@H]2CCCCN2O[C@H]1C(=O)C(C)C. The summed E-state index contributed by atoms with van der Waals surface area (Å²) in [6, 6.07) is -0.00102. The van der Waals surface area contributed by atoms with E-state index in [1.807, 2.05) is 18.9 Å². The van der Waals surface area contributed by atoms with Crippen molar-refractivity contribution in [2.24, 2.45) is 11.8 Å². The van der Waals surface area contributed by atoms with Crippen LogP contribution in [0.15, 0.2) is 0 Å². The zero-order valence-electron chi connectivity index (χ0n) is 11.2. The van der Waals surface area contributed by atoms with Crippen LogP contribution in [0.2, 0.25) is 0 Å². The molecule has 2 fully saturated rings. The number of nitrogens with zero attached hydrogens (tertiary/aromatic N) is 1. The summed E-state index contributed by atoms with van der Waals surface area (Å²) in [5.41, 5.74) is 0. The summed E-state index contributed by atoms with van der Waals surface area (Å²) in [4.78, 5) is 29.8. The van der Waals surface area contributed by atoms with Gasteiger partial charge in [-0.1, -0.05) is 20.3 Å². The molecule has 5 heteroatoms. The van der Waals surface area contributed by atoms with E-state index in [4.69, 9.17) is 9.57 Å².